The first kappa shape index (κ1) is 14.3. The predicted molar refractivity (Wildman–Crippen MR) is 75.0 cm³/mol. The molecule has 0 radical (unpaired) electrons. The number of aromatic carboxylic acids is 1. The van der Waals surface area contributed by atoms with Crippen LogP contribution < -0.4 is 4.74 Å². The molecular weight excluding hydrogens is 283 g/mol. The minimum atomic E-state index is -1.30. The fourth-order valence-corrected chi connectivity index (χ4v) is 2.12. The normalized spacial score (nSPS) is 10.3. The van der Waals surface area contributed by atoms with Crippen molar-refractivity contribution < 1.29 is 19.0 Å². The van der Waals surface area contributed by atoms with Crippen molar-refractivity contribution in [2.24, 2.45) is 0 Å². The Labute approximate surface area is 120 Å². The summed E-state index contributed by atoms with van der Waals surface area (Å²) >= 11 is 6.14. The largest absolute Gasteiger partial charge is 0.494 e. The Morgan fingerprint density at radius 3 is 2.60 bits per heavy atom. The van der Waals surface area contributed by atoms with E-state index in [0.29, 0.717) is 28.5 Å². The number of ether oxygens (including phenoxy) is 1. The summed E-state index contributed by atoms with van der Waals surface area (Å²) in [6, 6.07) is 8.98. The average Bonchev–Trinajstić information content (AvgIpc) is 2.38. The molecule has 0 fully saturated rings. The zero-order valence-electron chi connectivity index (χ0n) is 10.7. The first-order chi connectivity index (χ1) is 9.52. The van der Waals surface area contributed by atoms with Gasteiger partial charge in [-0.3, -0.25) is 0 Å². The van der Waals surface area contributed by atoms with Crippen LogP contribution in [-0.4, -0.2) is 17.7 Å². The molecule has 0 aliphatic carbocycles. The topological polar surface area (TPSA) is 46.5 Å². The van der Waals surface area contributed by atoms with Gasteiger partial charge < -0.3 is 9.84 Å². The third-order valence-electron chi connectivity index (χ3n) is 2.76. The molecule has 0 saturated heterocycles. The molecule has 1 N–H and O–H groups in total. The van der Waals surface area contributed by atoms with Crippen LogP contribution in [0.1, 0.15) is 17.3 Å². The van der Waals surface area contributed by atoms with Crippen molar-refractivity contribution in [2.75, 3.05) is 6.61 Å². The first-order valence-electron chi connectivity index (χ1n) is 5.98. The Hall–Kier alpha value is -2.07. The SMILES string of the molecule is CCOc1ccc(-c2ccc(C(=O)O)c(F)c2)c(Cl)c1. The molecule has 5 heteroatoms. The van der Waals surface area contributed by atoms with E-state index >= 15 is 0 Å². The number of carbonyl (C=O) groups is 1. The summed E-state index contributed by atoms with van der Waals surface area (Å²) < 4.78 is 19.0. The van der Waals surface area contributed by atoms with E-state index in [0.717, 1.165) is 6.07 Å². The first-order valence-corrected chi connectivity index (χ1v) is 6.36. The number of carboxylic acids is 1. The van der Waals surface area contributed by atoms with Gasteiger partial charge in [0.15, 0.2) is 0 Å². The van der Waals surface area contributed by atoms with Gasteiger partial charge in [0.05, 0.1) is 17.2 Å². The quantitative estimate of drug-likeness (QED) is 0.917. The van der Waals surface area contributed by atoms with Gasteiger partial charge in [-0.05, 0) is 42.8 Å². The molecule has 0 amide bonds. The van der Waals surface area contributed by atoms with Crippen LogP contribution in [0, 0.1) is 5.82 Å². The van der Waals surface area contributed by atoms with E-state index < -0.39 is 11.8 Å². The highest BCUT2D eigenvalue weighted by Crippen LogP contribution is 2.32. The second kappa shape index (κ2) is 5.92. The molecule has 0 unspecified atom stereocenters. The number of rotatable bonds is 4. The Bertz CT molecular complexity index is 656. The summed E-state index contributed by atoms with van der Waals surface area (Å²) in [5, 5.41) is 9.21. The summed E-state index contributed by atoms with van der Waals surface area (Å²) in [6.45, 7) is 2.39. The van der Waals surface area contributed by atoms with E-state index in [1.165, 1.54) is 12.1 Å². The van der Waals surface area contributed by atoms with E-state index in [1.54, 1.807) is 18.2 Å². The predicted octanol–water partition coefficient (Wildman–Crippen LogP) is 4.24. The maximum absolute atomic E-state index is 13.7. The van der Waals surface area contributed by atoms with Crippen molar-refractivity contribution >= 4 is 17.6 Å². The second-order valence-corrected chi connectivity index (χ2v) is 4.48. The fraction of sp³-hybridized carbons (Fsp3) is 0.133. The fourth-order valence-electron chi connectivity index (χ4n) is 1.84. The minimum absolute atomic E-state index is 0.365. The Balaban J connectivity index is 2.41. The van der Waals surface area contributed by atoms with Gasteiger partial charge in [0.1, 0.15) is 11.6 Å². The van der Waals surface area contributed by atoms with Gasteiger partial charge >= 0.3 is 5.97 Å². The summed E-state index contributed by atoms with van der Waals surface area (Å²) in [7, 11) is 0. The summed E-state index contributed by atoms with van der Waals surface area (Å²) in [6.07, 6.45) is 0. The van der Waals surface area contributed by atoms with E-state index in [4.69, 9.17) is 21.4 Å². The molecule has 0 saturated carbocycles. The third-order valence-corrected chi connectivity index (χ3v) is 3.07. The van der Waals surface area contributed by atoms with Crippen molar-refractivity contribution in [3.63, 3.8) is 0 Å². The Kier molecular flexibility index (Phi) is 4.25. The lowest BCUT2D eigenvalue weighted by Gasteiger charge is -2.09. The molecule has 0 bridgehead atoms. The Morgan fingerprint density at radius 2 is 2.05 bits per heavy atom. The summed E-state index contributed by atoms with van der Waals surface area (Å²) in [5.74, 6) is -1.46. The average molecular weight is 295 g/mol. The van der Waals surface area contributed by atoms with E-state index in [-0.39, 0.29) is 5.56 Å². The summed E-state index contributed by atoms with van der Waals surface area (Å²) in [5.41, 5.74) is 0.766. The van der Waals surface area contributed by atoms with Gasteiger partial charge in [-0.25, -0.2) is 9.18 Å². The molecule has 0 atom stereocenters. The van der Waals surface area contributed by atoms with Gasteiger partial charge in [-0.15, -0.1) is 0 Å². The lowest BCUT2D eigenvalue weighted by Crippen LogP contribution is -2.00. The molecular formula is C15H12ClFO3. The molecule has 2 aromatic carbocycles. The number of carboxylic acid groups (broad SMARTS) is 1. The van der Waals surface area contributed by atoms with Crippen molar-refractivity contribution in [3.05, 3.63) is 52.8 Å². The number of hydrogen-bond donors (Lipinski definition) is 1. The monoisotopic (exact) mass is 294 g/mol. The van der Waals surface area contributed by atoms with E-state index in [1.807, 2.05) is 6.92 Å². The molecule has 0 spiro atoms. The van der Waals surface area contributed by atoms with Crippen LogP contribution in [0.3, 0.4) is 0 Å². The maximum atomic E-state index is 13.7. The van der Waals surface area contributed by atoms with Crippen LogP contribution in [0.5, 0.6) is 5.75 Å². The van der Waals surface area contributed by atoms with Crippen LogP contribution in [-0.2, 0) is 0 Å². The molecule has 0 heterocycles. The van der Waals surface area contributed by atoms with Crippen molar-refractivity contribution in [3.8, 4) is 16.9 Å². The van der Waals surface area contributed by atoms with Gasteiger partial charge in [-0.2, -0.15) is 0 Å². The van der Waals surface area contributed by atoms with E-state index in [9.17, 15) is 9.18 Å². The molecule has 2 rings (SSSR count). The van der Waals surface area contributed by atoms with Gasteiger partial charge in [0.2, 0.25) is 0 Å². The molecule has 2 aromatic rings. The molecule has 0 aliphatic heterocycles. The third kappa shape index (κ3) is 2.91. The molecule has 3 nitrogen and oxygen atoms in total. The molecule has 104 valence electrons. The zero-order valence-corrected chi connectivity index (χ0v) is 11.4. The van der Waals surface area contributed by atoms with E-state index in [2.05, 4.69) is 0 Å². The standard InChI is InChI=1S/C15H12ClFO3/c1-2-20-10-4-6-11(13(16)8-10)9-3-5-12(15(18)19)14(17)7-9/h3-8H,2H2,1H3,(H,18,19). The Morgan fingerprint density at radius 1 is 1.30 bits per heavy atom. The molecule has 0 aromatic heterocycles. The van der Waals surface area contributed by atoms with Crippen molar-refractivity contribution in [1.29, 1.82) is 0 Å². The number of hydrogen-bond acceptors (Lipinski definition) is 2. The maximum Gasteiger partial charge on any atom is 0.338 e. The summed E-state index contributed by atoms with van der Waals surface area (Å²) in [4.78, 5) is 10.8. The highest BCUT2D eigenvalue weighted by Gasteiger charge is 2.12. The lowest BCUT2D eigenvalue weighted by atomic mass is 10.0. The second-order valence-electron chi connectivity index (χ2n) is 4.07. The minimum Gasteiger partial charge on any atom is -0.494 e. The van der Waals surface area contributed by atoms with Crippen molar-refractivity contribution in [1.82, 2.24) is 0 Å². The number of halogens is 2. The molecule has 0 aliphatic rings. The van der Waals surface area contributed by atoms with Gasteiger partial charge in [0.25, 0.3) is 0 Å². The van der Waals surface area contributed by atoms with Crippen LogP contribution in [0.2, 0.25) is 5.02 Å². The van der Waals surface area contributed by atoms with Gasteiger partial charge in [-0.1, -0.05) is 17.7 Å². The van der Waals surface area contributed by atoms with Gasteiger partial charge in [0, 0.05) is 5.56 Å². The zero-order chi connectivity index (χ0) is 14.7. The van der Waals surface area contributed by atoms with Crippen LogP contribution in [0.25, 0.3) is 11.1 Å². The van der Waals surface area contributed by atoms with Crippen LogP contribution in [0.15, 0.2) is 36.4 Å². The van der Waals surface area contributed by atoms with Crippen LogP contribution in [0.4, 0.5) is 4.39 Å². The molecule has 20 heavy (non-hydrogen) atoms. The lowest BCUT2D eigenvalue weighted by molar-refractivity contribution is 0.0692. The van der Waals surface area contributed by atoms with Crippen molar-refractivity contribution in [2.45, 2.75) is 6.92 Å². The number of benzene rings is 2. The highest BCUT2D eigenvalue weighted by atomic mass is 35.5. The highest BCUT2D eigenvalue weighted by molar-refractivity contribution is 6.33. The van der Waals surface area contributed by atoms with Crippen LogP contribution >= 0.6 is 11.6 Å². The smallest absolute Gasteiger partial charge is 0.338 e.